The molecular weight excluding hydrogens is 406 g/mol. The summed E-state index contributed by atoms with van der Waals surface area (Å²) in [5, 5.41) is 7.32. The number of pyridine rings is 1. The third-order valence-corrected chi connectivity index (χ3v) is 6.74. The average Bonchev–Trinajstić information content (AvgIpc) is 3.48. The zero-order chi connectivity index (χ0) is 21.4. The molecule has 1 fully saturated rings. The predicted octanol–water partition coefficient (Wildman–Crippen LogP) is 4.45. The van der Waals surface area contributed by atoms with E-state index in [9.17, 15) is 4.79 Å². The molecule has 0 spiro atoms. The number of aromatic nitrogens is 3. The van der Waals surface area contributed by atoms with Crippen molar-refractivity contribution in [2.75, 3.05) is 31.1 Å². The summed E-state index contributed by atoms with van der Waals surface area (Å²) in [4.78, 5) is 23.8. The highest BCUT2D eigenvalue weighted by Gasteiger charge is 2.25. The highest BCUT2D eigenvalue weighted by molar-refractivity contribution is 7.13. The first-order valence-corrected chi connectivity index (χ1v) is 11.5. The molecule has 0 saturated carbocycles. The Labute approximate surface area is 185 Å². The van der Waals surface area contributed by atoms with E-state index in [1.54, 1.807) is 17.5 Å². The quantitative estimate of drug-likeness (QED) is 0.479. The molecule has 0 aliphatic carbocycles. The van der Waals surface area contributed by atoms with Crippen LogP contribution in [0.2, 0.25) is 0 Å². The lowest BCUT2D eigenvalue weighted by molar-refractivity contribution is 0.0748. The average molecular weight is 432 g/mol. The van der Waals surface area contributed by atoms with Crippen molar-refractivity contribution in [2.45, 2.75) is 20.4 Å². The molecule has 0 atom stereocenters. The molecule has 4 heterocycles. The fourth-order valence-corrected chi connectivity index (χ4v) is 4.86. The highest BCUT2D eigenvalue weighted by atomic mass is 32.1. The van der Waals surface area contributed by atoms with Crippen molar-refractivity contribution in [3.05, 3.63) is 65.2 Å². The molecular formula is C24H25N5OS. The number of piperazine rings is 1. The molecule has 0 unspecified atom stereocenters. The van der Waals surface area contributed by atoms with E-state index < -0.39 is 0 Å². The zero-order valence-corrected chi connectivity index (χ0v) is 18.6. The van der Waals surface area contributed by atoms with Gasteiger partial charge < -0.3 is 9.80 Å². The maximum Gasteiger partial charge on any atom is 0.254 e. The molecule has 31 heavy (non-hydrogen) atoms. The van der Waals surface area contributed by atoms with Crippen LogP contribution in [-0.2, 0) is 6.54 Å². The molecule has 7 heteroatoms. The van der Waals surface area contributed by atoms with Gasteiger partial charge in [-0.2, -0.15) is 5.10 Å². The van der Waals surface area contributed by atoms with E-state index >= 15 is 0 Å². The number of anilines is 1. The van der Waals surface area contributed by atoms with Crippen molar-refractivity contribution in [1.29, 1.82) is 0 Å². The molecule has 6 nitrogen and oxygen atoms in total. The van der Waals surface area contributed by atoms with Gasteiger partial charge in [0, 0.05) is 38.4 Å². The number of hydrogen-bond acceptors (Lipinski definition) is 5. The molecule has 1 aliphatic rings. The molecule has 0 radical (unpaired) electrons. The second kappa shape index (κ2) is 8.15. The Morgan fingerprint density at radius 1 is 1.10 bits per heavy atom. The smallest absolute Gasteiger partial charge is 0.254 e. The topological polar surface area (TPSA) is 54.3 Å². The van der Waals surface area contributed by atoms with Crippen molar-refractivity contribution in [2.24, 2.45) is 0 Å². The summed E-state index contributed by atoms with van der Waals surface area (Å²) in [6, 6.07) is 14.5. The summed E-state index contributed by atoms with van der Waals surface area (Å²) in [7, 11) is 0. The highest BCUT2D eigenvalue weighted by Crippen LogP contribution is 2.29. The SMILES string of the molecule is CCn1ncc2c(C(=O)N3CCN(c4cccc(C)c4)CC3)cc(-c3cccs3)nc21. The number of nitrogens with zero attached hydrogens (tertiary/aromatic N) is 5. The predicted molar refractivity (Wildman–Crippen MR) is 126 cm³/mol. The number of amides is 1. The largest absolute Gasteiger partial charge is 0.368 e. The Hall–Kier alpha value is -3.19. The fourth-order valence-electron chi connectivity index (χ4n) is 4.17. The van der Waals surface area contributed by atoms with Crippen LogP contribution in [-0.4, -0.2) is 51.8 Å². The van der Waals surface area contributed by atoms with Crippen molar-refractivity contribution in [3.63, 3.8) is 0 Å². The minimum Gasteiger partial charge on any atom is -0.368 e. The normalized spacial score (nSPS) is 14.4. The third kappa shape index (κ3) is 3.70. The van der Waals surface area contributed by atoms with Gasteiger partial charge in [-0.15, -0.1) is 11.3 Å². The van der Waals surface area contributed by atoms with Crippen LogP contribution < -0.4 is 4.90 Å². The minimum atomic E-state index is 0.0600. The van der Waals surface area contributed by atoms with E-state index in [0.717, 1.165) is 34.7 Å². The number of thiophene rings is 1. The van der Waals surface area contributed by atoms with E-state index in [-0.39, 0.29) is 5.91 Å². The van der Waals surface area contributed by atoms with E-state index in [0.29, 0.717) is 25.2 Å². The second-order valence-corrected chi connectivity index (χ2v) is 8.80. The Morgan fingerprint density at radius 3 is 2.65 bits per heavy atom. The van der Waals surface area contributed by atoms with Crippen LogP contribution in [0.25, 0.3) is 21.6 Å². The number of carbonyl (C=O) groups is 1. The molecule has 1 amide bonds. The molecule has 1 aliphatic heterocycles. The number of aryl methyl sites for hydroxylation is 2. The van der Waals surface area contributed by atoms with Crippen LogP contribution >= 0.6 is 11.3 Å². The molecule has 4 aromatic rings. The molecule has 0 N–H and O–H groups in total. The van der Waals surface area contributed by atoms with Crippen LogP contribution in [0.1, 0.15) is 22.8 Å². The van der Waals surface area contributed by atoms with Gasteiger partial charge in [0.25, 0.3) is 5.91 Å². The first-order chi connectivity index (χ1) is 15.1. The van der Waals surface area contributed by atoms with Crippen molar-refractivity contribution < 1.29 is 4.79 Å². The third-order valence-electron chi connectivity index (χ3n) is 5.85. The van der Waals surface area contributed by atoms with Crippen LogP contribution in [0.5, 0.6) is 0 Å². The summed E-state index contributed by atoms with van der Waals surface area (Å²) < 4.78 is 1.86. The first-order valence-electron chi connectivity index (χ1n) is 10.7. The standard InChI is InChI=1S/C24H25N5OS/c1-3-29-23-20(16-25-29)19(15-21(26-23)22-8-5-13-31-22)24(30)28-11-9-27(10-12-28)18-7-4-6-17(2)14-18/h4-8,13-16H,3,9-12H2,1-2H3. The first kappa shape index (κ1) is 19.8. The lowest BCUT2D eigenvalue weighted by atomic mass is 10.1. The number of carbonyl (C=O) groups excluding carboxylic acids is 1. The van der Waals surface area contributed by atoms with Crippen molar-refractivity contribution in [3.8, 4) is 10.6 Å². The lowest BCUT2D eigenvalue weighted by Crippen LogP contribution is -2.48. The lowest BCUT2D eigenvalue weighted by Gasteiger charge is -2.36. The van der Waals surface area contributed by atoms with Gasteiger partial charge in [-0.05, 0) is 49.1 Å². The Kier molecular flexibility index (Phi) is 5.19. The van der Waals surface area contributed by atoms with E-state index in [1.807, 2.05) is 40.1 Å². The summed E-state index contributed by atoms with van der Waals surface area (Å²) in [5.41, 5.74) is 4.78. The van der Waals surface area contributed by atoms with Gasteiger partial charge in [0.2, 0.25) is 0 Å². The number of fused-ring (bicyclic) bond motifs is 1. The fraction of sp³-hybridized carbons (Fsp3) is 0.292. The van der Waals surface area contributed by atoms with E-state index in [1.165, 1.54) is 11.3 Å². The molecule has 1 aromatic carbocycles. The Bertz CT molecular complexity index is 1220. The maximum atomic E-state index is 13.6. The van der Waals surface area contributed by atoms with Gasteiger partial charge in [0.05, 0.1) is 27.7 Å². The Balaban J connectivity index is 1.44. The van der Waals surface area contributed by atoms with Crippen molar-refractivity contribution >= 4 is 34.0 Å². The van der Waals surface area contributed by atoms with E-state index in [2.05, 4.69) is 41.2 Å². The minimum absolute atomic E-state index is 0.0600. The van der Waals surface area contributed by atoms with Gasteiger partial charge in [-0.1, -0.05) is 18.2 Å². The van der Waals surface area contributed by atoms with Gasteiger partial charge in [0.1, 0.15) is 0 Å². The maximum absolute atomic E-state index is 13.6. The van der Waals surface area contributed by atoms with E-state index in [4.69, 9.17) is 4.98 Å². The number of hydrogen-bond donors (Lipinski definition) is 0. The van der Waals surface area contributed by atoms with Crippen LogP contribution in [0.4, 0.5) is 5.69 Å². The Morgan fingerprint density at radius 2 is 1.94 bits per heavy atom. The van der Waals surface area contributed by atoms with Crippen LogP contribution in [0.3, 0.4) is 0 Å². The van der Waals surface area contributed by atoms with Gasteiger partial charge in [-0.25, -0.2) is 9.67 Å². The summed E-state index contributed by atoms with van der Waals surface area (Å²) in [5.74, 6) is 0.0600. The van der Waals surface area contributed by atoms with Gasteiger partial charge >= 0.3 is 0 Å². The number of benzene rings is 1. The molecule has 3 aromatic heterocycles. The van der Waals surface area contributed by atoms with Gasteiger partial charge in [0.15, 0.2) is 5.65 Å². The summed E-state index contributed by atoms with van der Waals surface area (Å²) >= 11 is 1.63. The zero-order valence-electron chi connectivity index (χ0n) is 17.8. The second-order valence-electron chi connectivity index (χ2n) is 7.85. The summed E-state index contributed by atoms with van der Waals surface area (Å²) in [6.45, 7) is 7.93. The monoisotopic (exact) mass is 431 g/mol. The molecule has 0 bridgehead atoms. The molecule has 158 valence electrons. The molecule has 5 rings (SSSR count). The van der Waals surface area contributed by atoms with Crippen LogP contribution in [0, 0.1) is 6.92 Å². The van der Waals surface area contributed by atoms with Crippen LogP contribution in [0.15, 0.2) is 54.0 Å². The summed E-state index contributed by atoms with van der Waals surface area (Å²) in [6.07, 6.45) is 1.78. The molecule has 1 saturated heterocycles. The number of rotatable bonds is 4. The van der Waals surface area contributed by atoms with Gasteiger partial charge in [-0.3, -0.25) is 4.79 Å². The van der Waals surface area contributed by atoms with Crippen molar-refractivity contribution in [1.82, 2.24) is 19.7 Å².